The van der Waals surface area contributed by atoms with Gasteiger partial charge in [0.25, 0.3) is 0 Å². The number of hydrogen-bond acceptors (Lipinski definition) is 5. The number of imidazole rings is 1. The maximum absolute atomic E-state index is 14.5. The Morgan fingerprint density at radius 1 is 1.08 bits per heavy atom. The smallest absolute Gasteiger partial charge is 0.416 e. The van der Waals surface area contributed by atoms with Crippen LogP contribution in [0, 0.1) is 12.7 Å². The van der Waals surface area contributed by atoms with Crippen LogP contribution in [0.25, 0.3) is 16.9 Å². The van der Waals surface area contributed by atoms with E-state index < -0.39 is 23.6 Å². The van der Waals surface area contributed by atoms with Crippen molar-refractivity contribution in [3.05, 3.63) is 96.6 Å². The van der Waals surface area contributed by atoms with E-state index in [0.717, 1.165) is 23.8 Å². The Balaban J connectivity index is 1.34. The molecule has 0 saturated carbocycles. The van der Waals surface area contributed by atoms with E-state index in [2.05, 4.69) is 30.8 Å². The van der Waals surface area contributed by atoms with Gasteiger partial charge in [-0.25, -0.2) is 19.2 Å². The van der Waals surface area contributed by atoms with Crippen LogP contribution < -0.4 is 15.4 Å². The molecule has 3 N–H and O–H groups in total. The van der Waals surface area contributed by atoms with E-state index in [1.165, 1.54) is 29.1 Å². The van der Waals surface area contributed by atoms with Crippen molar-refractivity contribution in [2.75, 3.05) is 10.6 Å². The normalized spacial score (nSPS) is 11.3. The molecule has 0 aliphatic carbocycles. The number of ether oxygens (including phenoxy) is 1. The highest BCUT2D eigenvalue weighted by atomic mass is 19.4. The highest BCUT2D eigenvalue weighted by molar-refractivity contribution is 6.00. The summed E-state index contributed by atoms with van der Waals surface area (Å²) in [6.45, 7) is 1.69. The fraction of sp³-hybridized carbons (Fsp3) is 0.0769. The first-order chi connectivity index (χ1) is 18.6. The molecular formula is C26H19F4N7O2. The number of anilines is 2. The third-order valence-electron chi connectivity index (χ3n) is 5.44. The van der Waals surface area contributed by atoms with Crippen molar-refractivity contribution in [2.45, 2.75) is 13.1 Å². The zero-order valence-electron chi connectivity index (χ0n) is 20.1. The van der Waals surface area contributed by atoms with Crippen molar-refractivity contribution in [3.63, 3.8) is 0 Å². The van der Waals surface area contributed by atoms with Crippen LogP contribution >= 0.6 is 0 Å². The van der Waals surface area contributed by atoms with Crippen molar-refractivity contribution in [1.29, 1.82) is 0 Å². The van der Waals surface area contributed by atoms with Gasteiger partial charge in [0.2, 0.25) is 5.88 Å². The fourth-order valence-electron chi connectivity index (χ4n) is 3.65. The highest BCUT2D eigenvalue weighted by Crippen LogP contribution is 2.33. The van der Waals surface area contributed by atoms with Crippen molar-refractivity contribution >= 4 is 17.4 Å². The van der Waals surface area contributed by atoms with Crippen LogP contribution in [0.2, 0.25) is 0 Å². The van der Waals surface area contributed by atoms with Crippen LogP contribution in [0.1, 0.15) is 11.3 Å². The zero-order valence-corrected chi connectivity index (χ0v) is 20.1. The topological polar surface area (TPSA) is 110 Å². The van der Waals surface area contributed by atoms with Crippen LogP contribution in [0.5, 0.6) is 11.6 Å². The molecule has 3 aromatic heterocycles. The van der Waals surface area contributed by atoms with Crippen LogP contribution in [-0.2, 0) is 6.18 Å². The van der Waals surface area contributed by atoms with E-state index in [9.17, 15) is 22.4 Å². The lowest BCUT2D eigenvalue weighted by Gasteiger charge is -2.14. The maximum Gasteiger partial charge on any atom is 0.416 e. The largest absolute Gasteiger partial charge is 0.439 e. The minimum atomic E-state index is -4.67. The van der Waals surface area contributed by atoms with Gasteiger partial charge in [-0.2, -0.15) is 18.3 Å². The Bertz CT molecular complexity index is 1630. The van der Waals surface area contributed by atoms with Gasteiger partial charge in [0, 0.05) is 41.5 Å². The van der Waals surface area contributed by atoms with Crippen molar-refractivity contribution in [2.24, 2.45) is 0 Å². The zero-order chi connectivity index (χ0) is 27.6. The number of carbonyl (C=O) groups is 1. The summed E-state index contributed by atoms with van der Waals surface area (Å²) in [5.74, 6) is -0.404. The second-order valence-corrected chi connectivity index (χ2v) is 8.36. The SMILES string of the molecule is Cc1cn(-c2cc(NC(=O)Nc3cc(Oc4cccc(-c5cn[nH]c5)n4)ccc3F)cc(C(F)(F)F)c2)cn1. The lowest BCUT2D eigenvalue weighted by molar-refractivity contribution is -0.137. The van der Waals surface area contributed by atoms with Crippen LogP contribution in [0.3, 0.4) is 0 Å². The number of hydrogen-bond donors (Lipinski definition) is 3. The van der Waals surface area contributed by atoms with Gasteiger partial charge in [-0.1, -0.05) is 6.07 Å². The number of amides is 2. The number of pyridine rings is 1. The van der Waals surface area contributed by atoms with Crippen LogP contribution in [0.4, 0.5) is 33.7 Å². The second-order valence-electron chi connectivity index (χ2n) is 8.36. The number of halogens is 4. The number of aromatic amines is 1. The summed E-state index contributed by atoms with van der Waals surface area (Å²) in [7, 11) is 0. The Kier molecular flexibility index (Phi) is 6.71. The average Bonchev–Trinajstić information content (AvgIpc) is 3.58. The molecular weight excluding hydrogens is 518 g/mol. The van der Waals surface area contributed by atoms with Gasteiger partial charge < -0.3 is 19.9 Å². The Hall–Kier alpha value is -5.20. The summed E-state index contributed by atoms with van der Waals surface area (Å²) in [6.07, 6.45) is 1.48. The van der Waals surface area contributed by atoms with Gasteiger partial charge in [0.15, 0.2) is 0 Å². The molecule has 5 aromatic rings. The number of urea groups is 1. The monoisotopic (exact) mass is 537 g/mol. The minimum Gasteiger partial charge on any atom is -0.439 e. The molecule has 198 valence electrons. The van der Waals surface area contributed by atoms with E-state index >= 15 is 0 Å². The van der Waals surface area contributed by atoms with Crippen LogP contribution in [-0.4, -0.2) is 30.8 Å². The molecule has 0 bridgehead atoms. The third kappa shape index (κ3) is 6.04. The lowest BCUT2D eigenvalue weighted by atomic mass is 10.1. The summed E-state index contributed by atoms with van der Waals surface area (Å²) >= 11 is 0. The molecule has 0 unspecified atom stereocenters. The number of nitrogens with zero attached hydrogens (tertiary/aromatic N) is 4. The number of nitrogens with one attached hydrogen (secondary N) is 3. The summed E-state index contributed by atoms with van der Waals surface area (Å²) < 4.78 is 62.1. The molecule has 9 nitrogen and oxygen atoms in total. The van der Waals surface area contributed by atoms with Gasteiger partial charge in [-0.05, 0) is 43.3 Å². The molecule has 0 fully saturated rings. The molecule has 0 atom stereocenters. The lowest BCUT2D eigenvalue weighted by Crippen LogP contribution is -2.21. The fourth-order valence-corrected chi connectivity index (χ4v) is 3.65. The number of carbonyl (C=O) groups excluding carboxylic acids is 1. The van der Waals surface area contributed by atoms with Gasteiger partial charge >= 0.3 is 12.2 Å². The molecule has 0 aliphatic rings. The summed E-state index contributed by atoms with van der Waals surface area (Å²) in [5, 5.41) is 11.2. The van der Waals surface area contributed by atoms with Crippen molar-refractivity contribution in [3.8, 4) is 28.6 Å². The number of H-pyrrole nitrogens is 1. The molecule has 2 amide bonds. The Labute approximate surface area is 218 Å². The molecule has 2 aromatic carbocycles. The van der Waals surface area contributed by atoms with E-state index in [1.54, 1.807) is 43.7 Å². The number of rotatable bonds is 6. The van der Waals surface area contributed by atoms with Crippen molar-refractivity contribution in [1.82, 2.24) is 24.7 Å². The minimum absolute atomic E-state index is 0.132. The Morgan fingerprint density at radius 2 is 1.92 bits per heavy atom. The number of aryl methyl sites for hydroxylation is 1. The number of aromatic nitrogens is 5. The van der Waals surface area contributed by atoms with E-state index in [-0.39, 0.29) is 28.7 Å². The molecule has 3 heterocycles. The van der Waals surface area contributed by atoms with Gasteiger partial charge in [-0.3, -0.25) is 5.10 Å². The van der Waals surface area contributed by atoms with Crippen LogP contribution in [0.15, 0.2) is 79.5 Å². The molecule has 39 heavy (non-hydrogen) atoms. The third-order valence-corrected chi connectivity index (χ3v) is 5.44. The molecule has 13 heteroatoms. The maximum atomic E-state index is 14.5. The molecule has 0 spiro atoms. The van der Waals surface area contributed by atoms with Crippen molar-refractivity contribution < 1.29 is 27.1 Å². The summed E-state index contributed by atoms with van der Waals surface area (Å²) in [6, 6.07) is 10.8. The first kappa shape index (κ1) is 25.4. The first-order valence-electron chi connectivity index (χ1n) is 11.4. The predicted octanol–water partition coefficient (Wildman–Crippen LogP) is 6.56. The van der Waals surface area contributed by atoms with Gasteiger partial charge in [-0.15, -0.1) is 0 Å². The van der Waals surface area contributed by atoms with Gasteiger partial charge in [0.1, 0.15) is 11.6 Å². The number of alkyl halides is 3. The first-order valence-corrected chi connectivity index (χ1v) is 11.4. The van der Waals surface area contributed by atoms with Gasteiger partial charge in [0.05, 0.1) is 35.2 Å². The number of benzene rings is 2. The quantitative estimate of drug-likeness (QED) is 0.213. The highest BCUT2D eigenvalue weighted by Gasteiger charge is 2.31. The molecule has 0 radical (unpaired) electrons. The molecule has 0 aliphatic heterocycles. The predicted molar refractivity (Wildman–Crippen MR) is 134 cm³/mol. The van der Waals surface area contributed by atoms with E-state index in [4.69, 9.17) is 4.74 Å². The van der Waals surface area contributed by atoms with E-state index in [0.29, 0.717) is 11.4 Å². The Morgan fingerprint density at radius 3 is 2.64 bits per heavy atom. The average molecular weight is 537 g/mol. The van der Waals surface area contributed by atoms with E-state index in [1.807, 2.05) is 0 Å². The standard InChI is InChI=1S/C26H19F4N7O2/c1-15-13-37(14-31-15)19-8-17(26(28,29)30)7-18(9-19)34-25(38)36-23-10-20(5-6-21(23)27)39-24-4-2-3-22(35-24)16-11-32-33-12-16/h2-14H,1H3,(H,32,33)(H2,34,36,38). The second kappa shape index (κ2) is 10.3. The summed E-state index contributed by atoms with van der Waals surface area (Å²) in [5.41, 5.74) is 0.665. The molecule has 5 rings (SSSR count). The molecule has 0 saturated heterocycles. The summed E-state index contributed by atoms with van der Waals surface area (Å²) in [4.78, 5) is 21.0.